The maximum absolute atomic E-state index is 15.8. The molecule has 3 aromatic rings. The fourth-order valence-electron chi connectivity index (χ4n) is 4.06. The van der Waals surface area contributed by atoms with E-state index in [1.165, 1.54) is 6.20 Å². The molecule has 2 fully saturated rings. The van der Waals surface area contributed by atoms with Gasteiger partial charge in [0.05, 0.1) is 10.9 Å². The SMILES string of the molecule is O=C(O)c1cn(C2CC2)c2c(F)c(N3CCCCC3)c3n[nH]nc3c2c1=O. The Labute approximate surface area is 152 Å². The number of aromatic amines is 1. The highest BCUT2D eigenvalue weighted by atomic mass is 19.1. The Morgan fingerprint density at radius 2 is 1.89 bits per heavy atom. The molecule has 5 rings (SSSR count). The number of nitrogens with one attached hydrogen (secondary N) is 1. The zero-order valence-corrected chi connectivity index (χ0v) is 14.5. The highest BCUT2D eigenvalue weighted by molar-refractivity contribution is 6.10. The van der Waals surface area contributed by atoms with Crippen molar-refractivity contribution >= 4 is 33.6 Å². The van der Waals surface area contributed by atoms with Crippen LogP contribution in [0.25, 0.3) is 21.9 Å². The van der Waals surface area contributed by atoms with Gasteiger partial charge < -0.3 is 14.6 Å². The van der Waals surface area contributed by atoms with E-state index in [9.17, 15) is 14.7 Å². The summed E-state index contributed by atoms with van der Waals surface area (Å²) in [7, 11) is 0. The van der Waals surface area contributed by atoms with E-state index in [-0.39, 0.29) is 33.5 Å². The second kappa shape index (κ2) is 5.77. The summed E-state index contributed by atoms with van der Waals surface area (Å²) in [6.07, 6.45) is 5.95. The van der Waals surface area contributed by atoms with Gasteiger partial charge in [-0.3, -0.25) is 4.79 Å². The fourth-order valence-corrected chi connectivity index (χ4v) is 4.06. The second-order valence-electron chi connectivity index (χ2n) is 7.27. The smallest absolute Gasteiger partial charge is 0.341 e. The number of aromatic nitrogens is 4. The number of carboxylic acids is 1. The van der Waals surface area contributed by atoms with Crippen molar-refractivity contribution in [2.45, 2.75) is 38.1 Å². The summed E-state index contributed by atoms with van der Waals surface area (Å²) >= 11 is 0. The predicted molar refractivity (Wildman–Crippen MR) is 96.9 cm³/mol. The van der Waals surface area contributed by atoms with Crippen LogP contribution in [0.15, 0.2) is 11.0 Å². The van der Waals surface area contributed by atoms with Crippen LogP contribution in [0, 0.1) is 5.82 Å². The van der Waals surface area contributed by atoms with Gasteiger partial charge in [-0.2, -0.15) is 15.4 Å². The standard InChI is InChI=1S/C18H18FN5O3/c19-12-15-11(17(25)10(18(26)27)8-24(15)9-4-5-9)13-14(21-22-20-13)16(12)23-6-2-1-3-7-23/h8-9H,1-7H2,(H,26,27)(H,20,21,22). The number of pyridine rings is 1. The molecule has 0 radical (unpaired) electrons. The number of benzene rings is 1. The highest BCUT2D eigenvalue weighted by Crippen LogP contribution is 2.41. The number of aromatic carboxylic acids is 1. The Hall–Kier alpha value is -2.97. The monoisotopic (exact) mass is 371 g/mol. The molecule has 1 saturated heterocycles. The first-order valence-corrected chi connectivity index (χ1v) is 9.17. The quantitative estimate of drug-likeness (QED) is 0.733. The van der Waals surface area contributed by atoms with Gasteiger partial charge in [-0.25, -0.2) is 9.18 Å². The summed E-state index contributed by atoms with van der Waals surface area (Å²) in [5.74, 6) is -1.84. The van der Waals surface area contributed by atoms with Gasteiger partial charge in [0.2, 0.25) is 5.43 Å². The van der Waals surface area contributed by atoms with Crippen LogP contribution in [0.5, 0.6) is 0 Å². The van der Waals surface area contributed by atoms with Crippen molar-refractivity contribution in [2.24, 2.45) is 0 Å². The number of piperidine rings is 1. The van der Waals surface area contributed by atoms with Crippen LogP contribution in [0.3, 0.4) is 0 Å². The molecule has 2 aromatic heterocycles. The molecule has 0 atom stereocenters. The Morgan fingerprint density at radius 1 is 1.19 bits per heavy atom. The lowest BCUT2D eigenvalue weighted by molar-refractivity contribution is 0.0695. The van der Waals surface area contributed by atoms with Crippen LogP contribution < -0.4 is 10.3 Å². The van der Waals surface area contributed by atoms with Crippen molar-refractivity contribution in [3.8, 4) is 0 Å². The van der Waals surface area contributed by atoms with Crippen LogP contribution in [-0.4, -0.2) is 44.1 Å². The average Bonchev–Trinajstić information content (AvgIpc) is 3.40. The first-order valence-electron chi connectivity index (χ1n) is 9.17. The molecule has 1 aliphatic carbocycles. The van der Waals surface area contributed by atoms with Crippen LogP contribution in [0.1, 0.15) is 48.5 Å². The summed E-state index contributed by atoms with van der Waals surface area (Å²) in [6, 6.07) is -0.000688. The molecule has 9 heteroatoms. The summed E-state index contributed by atoms with van der Waals surface area (Å²) in [6.45, 7) is 1.43. The van der Waals surface area contributed by atoms with Crippen LogP contribution in [0.4, 0.5) is 10.1 Å². The van der Waals surface area contributed by atoms with Crippen LogP contribution in [0.2, 0.25) is 0 Å². The van der Waals surface area contributed by atoms with E-state index in [4.69, 9.17) is 0 Å². The lowest BCUT2D eigenvalue weighted by Crippen LogP contribution is -2.31. The van der Waals surface area contributed by atoms with Gasteiger partial charge in [-0.1, -0.05) is 0 Å². The molecule has 2 N–H and O–H groups in total. The van der Waals surface area contributed by atoms with E-state index < -0.39 is 17.2 Å². The number of carbonyl (C=O) groups is 1. The third-order valence-corrected chi connectivity index (χ3v) is 5.50. The van der Waals surface area contributed by atoms with Crippen molar-refractivity contribution < 1.29 is 14.3 Å². The van der Waals surface area contributed by atoms with E-state index in [0.717, 1.165) is 32.1 Å². The molecular weight excluding hydrogens is 353 g/mol. The number of hydrogen-bond acceptors (Lipinski definition) is 5. The number of anilines is 1. The average molecular weight is 371 g/mol. The minimum Gasteiger partial charge on any atom is -0.477 e. The van der Waals surface area contributed by atoms with E-state index in [1.807, 2.05) is 4.90 Å². The molecule has 27 heavy (non-hydrogen) atoms. The fraction of sp³-hybridized carbons (Fsp3) is 0.444. The van der Waals surface area contributed by atoms with Gasteiger partial charge in [0, 0.05) is 25.3 Å². The van der Waals surface area contributed by atoms with E-state index >= 15 is 4.39 Å². The number of H-pyrrole nitrogens is 1. The molecule has 140 valence electrons. The molecule has 0 unspecified atom stereocenters. The van der Waals surface area contributed by atoms with Gasteiger partial charge in [0.1, 0.15) is 22.3 Å². The second-order valence-corrected chi connectivity index (χ2v) is 7.27. The maximum Gasteiger partial charge on any atom is 0.341 e. The number of carboxylic acid groups (broad SMARTS) is 1. The normalized spacial score (nSPS) is 17.7. The van der Waals surface area contributed by atoms with Crippen molar-refractivity contribution in [1.82, 2.24) is 20.0 Å². The third kappa shape index (κ3) is 2.34. The lowest BCUT2D eigenvalue weighted by atomic mass is 10.0. The zero-order valence-electron chi connectivity index (χ0n) is 14.5. The van der Waals surface area contributed by atoms with Gasteiger partial charge in [0.15, 0.2) is 5.82 Å². The Bertz CT molecular complexity index is 1140. The van der Waals surface area contributed by atoms with E-state index in [1.54, 1.807) is 4.57 Å². The predicted octanol–water partition coefficient (Wildman–Crippen LogP) is 2.44. The molecule has 0 spiro atoms. The van der Waals surface area contributed by atoms with Crippen LogP contribution >= 0.6 is 0 Å². The molecule has 3 heterocycles. The van der Waals surface area contributed by atoms with Gasteiger partial charge in [-0.15, -0.1) is 0 Å². The van der Waals surface area contributed by atoms with Crippen molar-refractivity contribution in [2.75, 3.05) is 18.0 Å². The first-order chi connectivity index (χ1) is 13.1. The number of halogens is 1. The molecule has 0 bridgehead atoms. The van der Waals surface area contributed by atoms with E-state index in [0.29, 0.717) is 18.8 Å². The number of hydrogen-bond donors (Lipinski definition) is 2. The molecule has 1 saturated carbocycles. The minimum absolute atomic E-state index is 0.000688. The molecule has 0 amide bonds. The Balaban J connectivity index is 1.93. The summed E-state index contributed by atoms with van der Waals surface area (Å²) < 4.78 is 17.4. The Morgan fingerprint density at radius 3 is 2.56 bits per heavy atom. The third-order valence-electron chi connectivity index (χ3n) is 5.50. The topological polar surface area (TPSA) is 104 Å². The summed E-state index contributed by atoms with van der Waals surface area (Å²) in [4.78, 5) is 26.4. The van der Waals surface area contributed by atoms with Gasteiger partial charge in [0.25, 0.3) is 0 Å². The Kier molecular flexibility index (Phi) is 3.46. The molecule has 1 aliphatic heterocycles. The van der Waals surface area contributed by atoms with Crippen molar-refractivity contribution in [3.63, 3.8) is 0 Å². The first kappa shape index (κ1) is 16.2. The van der Waals surface area contributed by atoms with Gasteiger partial charge >= 0.3 is 5.97 Å². The van der Waals surface area contributed by atoms with Gasteiger partial charge in [-0.05, 0) is 32.1 Å². The minimum atomic E-state index is -1.33. The molecule has 8 nitrogen and oxygen atoms in total. The number of rotatable bonds is 3. The van der Waals surface area contributed by atoms with Crippen LogP contribution in [-0.2, 0) is 0 Å². The molecular formula is C18H18FN5O3. The van der Waals surface area contributed by atoms with Crippen molar-refractivity contribution in [1.29, 1.82) is 0 Å². The highest BCUT2D eigenvalue weighted by Gasteiger charge is 2.32. The largest absolute Gasteiger partial charge is 0.477 e. The molecule has 2 aliphatic rings. The maximum atomic E-state index is 15.8. The van der Waals surface area contributed by atoms with E-state index in [2.05, 4.69) is 15.4 Å². The number of nitrogens with zero attached hydrogens (tertiary/aromatic N) is 4. The number of fused-ring (bicyclic) bond motifs is 3. The summed E-state index contributed by atoms with van der Waals surface area (Å²) in [5.41, 5.74) is -0.100. The zero-order chi connectivity index (χ0) is 18.7. The molecule has 1 aromatic carbocycles. The van der Waals surface area contributed by atoms with Crippen molar-refractivity contribution in [3.05, 3.63) is 27.8 Å². The summed E-state index contributed by atoms with van der Waals surface area (Å²) in [5, 5.41) is 20.1. The lowest BCUT2D eigenvalue weighted by Gasteiger charge is -2.29.